The molecule has 1 fully saturated rings. The van der Waals surface area contributed by atoms with E-state index in [1.54, 1.807) is 0 Å². The van der Waals surface area contributed by atoms with Gasteiger partial charge in [0, 0.05) is 11.4 Å². The second-order valence-corrected chi connectivity index (χ2v) is 6.38. The molecular weight excluding hydrogens is 300 g/mol. The Labute approximate surface area is 135 Å². The van der Waals surface area contributed by atoms with Crippen LogP contribution in [0.3, 0.4) is 0 Å². The lowest BCUT2D eigenvalue weighted by molar-refractivity contribution is -0.137. The molecule has 0 aromatic heterocycles. The molecule has 0 bridgehead atoms. The highest BCUT2D eigenvalue weighted by molar-refractivity contribution is 7.99. The number of hydrogen-bond acceptors (Lipinski definition) is 5. The summed E-state index contributed by atoms with van der Waals surface area (Å²) < 4.78 is 4.60. The minimum absolute atomic E-state index is 0.0278. The van der Waals surface area contributed by atoms with Crippen molar-refractivity contribution in [1.82, 2.24) is 5.32 Å². The number of esters is 1. The fourth-order valence-corrected chi connectivity index (χ4v) is 2.77. The third-order valence-electron chi connectivity index (χ3n) is 3.34. The number of nitrogens with one attached hydrogen (secondary N) is 2. The van der Waals surface area contributed by atoms with Crippen molar-refractivity contribution in [3.05, 3.63) is 29.8 Å². The van der Waals surface area contributed by atoms with Gasteiger partial charge in [0.05, 0.1) is 19.4 Å². The predicted molar refractivity (Wildman–Crippen MR) is 88.8 cm³/mol. The minimum Gasteiger partial charge on any atom is -0.468 e. The number of carbonyl (C=O) groups excluding carboxylic acids is 2. The lowest BCUT2D eigenvalue weighted by Crippen LogP contribution is -2.29. The smallest absolute Gasteiger partial charge is 0.315 e. The van der Waals surface area contributed by atoms with Gasteiger partial charge in [-0.3, -0.25) is 9.59 Å². The minimum atomic E-state index is -0.226. The van der Waals surface area contributed by atoms with Crippen molar-refractivity contribution < 1.29 is 14.3 Å². The Morgan fingerprint density at radius 3 is 2.91 bits per heavy atom. The molecule has 0 heterocycles. The zero-order valence-electron chi connectivity index (χ0n) is 12.8. The summed E-state index contributed by atoms with van der Waals surface area (Å²) in [6, 6.07) is 7.68. The van der Waals surface area contributed by atoms with Gasteiger partial charge in [-0.2, -0.15) is 0 Å². The van der Waals surface area contributed by atoms with E-state index in [0.717, 1.165) is 23.7 Å². The maximum Gasteiger partial charge on any atom is 0.315 e. The van der Waals surface area contributed by atoms with Crippen LogP contribution in [-0.4, -0.2) is 37.8 Å². The average molecular weight is 322 g/mol. The molecule has 2 rings (SSSR count). The zero-order valence-corrected chi connectivity index (χ0v) is 13.6. The summed E-state index contributed by atoms with van der Waals surface area (Å²) in [5.41, 5.74) is 1.85. The first-order valence-electron chi connectivity index (χ1n) is 7.41. The average Bonchev–Trinajstić information content (AvgIpc) is 3.31. The molecule has 120 valence electrons. The lowest BCUT2D eigenvalue weighted by atomic mass is 10.2. The number of anilines is 1. The van der Waals surface area contributed by atoms with Crippen LogP contribution >= 0.6 is 11.8 Å². The van der Waals surface area contributed by atoms with Gasteiger partial charge in [-0.1, -0.05) is 12.1 Å². The number of thioether (sulfide) groups is 1. The van der Waals surface area contributed by atoms with Crippen molar-refractivity contribution in [3.8, 4) is 0 Å². The van der Waals surface area contributed by atoms with E-state index in [1.165, 1.54) is 31.7 Å². The molecule has 1 aliphatic rings. The molecule has 0 saturated heterocycles. The SMILES string of the molecule is COC(=O)CSCc1cccc(NC(=O)CNCC2CC2)c1. The quantitative estimate of drug-likeness (QED) is 0.681. The number of amides is 1. The fraction of sp³-hybridized carbons (Fsp3) is 0.500. The van der Waals surface area contributed by atoms with Crippen LogP contribution in [0.4, 0.5) is 5.69 Å². The van der Waals surface area contributed by atoms with Gasteiger partial charge < -0.3 is 15.4 Å². The van der Waals surface area contributed by atoms with Crippen molar-refractivity contribution in [2.45, 2.75) is 18.6 Å². The highest BCUT2D eigenvalue weighted by Crippen LogP contribution is 2.27. The van der Waals surface area contributed by atoms with Gasteiger partial charge in [0.15, 0.2) is 0 Å². The molecule has 1 aromatic rings. The first kappa shape index (κ1) is 16.8. The molecule has 0 radical (unpaired) electrons. The maximum absolute atomic E-state index is 11.8. The maximum atomic E-state index is 11.8. The van der Waals surface area contributed by atoms with E-state index in [1.807, 2.05) is 24.3 Å². The molecule has 1 aromatic carbocycles. The highest BCUT2D eigenvalue weighted by Gasteiger charge is 2.20. The van der Waals surface area contributed by atoms with E-state index in [2.05, 4.69) is 15.4 Å². The van der Waals surface area contributed by atoms with Crippen LogP contribution in [0, 0.1) is 5.92 Å². The van der Waals surface area contributed by atoms with Crippen LogP contribution in [0.2, 0.25) is 0 Å². The van der Waals surface area contributed by atoms with Crippen molar-refractivity contribution >= 4 is 29.3 Å². The first-order chi connectivity index (χ1) is 10.7. The summed E-state index contributed by atoms with van der Waals surface area (Å²) in [7, 11) is 1.39. The molecule has 0 aliphatic heterocycles. The van der Waals surface area contributed by atoms with Crippen molar-refractivity contribution in [2.75, 3.05) is 31.3 Å². The van der Waals surface area contributed by atoms with E-state index < -0.39 is 0 Å². The first-order valence-corrected chi connectivity index (χ1v) is 8.57. The van der Waals surface area contributed by atoms with Gasteiger partial charge in [0.1, 0.15) is 0 Å². The zero-order chi connectivity index (χ0) is 15.8. The van der Waals surface area contributed by atoms with Crippen LogP contribution in [0.25, 0.3) is 0 Å². The van der Waals surface area contributed by atoms with Gasteiger partial charge in [0.25, 0.3) is 0 Å². The molecule has 2 N–H and O–H groups in total. The summed E-state index contributed by atoms with van der Waals surface area (Å²) in [5.74, 6) is 1.55. The Bertz CT molecular complexity index is 518. The van der Waals surface area contributed by atoms with Crippen molar-refractivity contribution in [2.24, 2.45) is 5.92 Å². The van der Waals surface area contributed by atoms with Crippen molar-refractivity contribution in [1.29, 1.82) is 0 Å². The predicted octanol–water partition coefficient (Wildman–Crippen LogP) is 2.03. The van der Waals surface area contributed by atoms with Crippen LogP contribution < -0.4 is 10.6 Å². The largest absolute Gasteiger partial charge is 0.468 e. The molecule has 0 spiro atoms. The standard InChI is InChI=1S/C16H22N2O3S/c1-21-16(20)11-22-10-13-3-2-4-14(7-13)18-15(19)9-17-8-12-5-6-12/h2-4,7,12,17H,5-6,8-11H2,1H3,(H,18,19). The highest BCUT2D eigenvalue weighted by atomic mass is 32.2. The van der Waals surface area contributed by atoms with E-state index in [-0.39, 0.29) is 11.9 Å². The van der Waals surface area contributed by atoms with Gasteiger partial charge in [-0.25, -0.2) is 0 Å². The Kier molecular flexibility index (Phi) is 6.74. The Balaban J connectivity index is 1.72. The normalized spacial score (nSPS) is 13.7. The van der Waals surface area contributed by atoms with Crippen LogP contribution in [0.15, 0.2) is 24.3 Å². The molecule has 5 nitrogen and oxygen atoms in total. The molecule has 1 aliphatic carbocycles. The topological polar surface area (TPSA) is 67.4 Å². The number of rotatable bonds is 9. The van der Waals surface area contributed by atoms with Crippen LogP contribution in [-0.2, 0) is 20.1 Å². The fourth-order valence-electron chi connectivity index (χ4n) is 1.97. The molecule has 0 atom stereocenters. The van der Waals surface area contributed by atoms with Crippen LogP contribution in [0.5, 0.6) is 0 Å². The van der Waals surface area contributed by atoms with Crippen molar-refractivity contribution in [3.63, 3.8) is 0 Å². The molecule has 0 unspecified atom stereocenters. The lowest BCUT2D eigenvalue weighted by Gasteiger charge is -2.08. The molecule has 22 heavy (non-hydrogen) atoms. The number of methoxy groups -OCH3 is 1. The van der Waals surface area contributed by atoms with E-state index in [0.29, 0.717) is 18.1 Å². The monoisotopic (exact) mass is 322 g/mol. The summed E-state index contributed by atoms with van der Waals surface area (Å²) in [5, 5.41) is 6.05. The number of benzene rings is 1. The van der Waals surface area contributed by atoms with Gasteiger partial charge in [-0.05, 0) is 43.0 Å². The van der Waals surface area contributed by atoms with Crippen LogP contribution in [0.1, 0.15) is 18.4 Å². The summed E-state index contributed by atoms with van der Waals surface area (Å²) in [6.07, 6.45) is 2.56. The van der Waals surface area contributed by atoms with Gasteiger partial charge >= 0.3 is 5.97 Å². The van der Waals surface area contributed by atoms with E-state index in [9.17, 15) is 9.59 Å². The molecular formula is C16H22N2O3S. The Hall–Kier alpha value is -1.53. The van der Waals surface area contributed by atoms with E-state index >= 15 is 0 Å². The Morgan fingerprint density at radius 1 is 1.36 bits per heavy atom. The second kappa shape index (κ2) is 8.80. The summed E-state index contributed by atoms with van der Waals surface area (Å²) >= 11 is 1.49. The van der Waals surface area contributed by atoms with E-state index in [4.69, 9.17) is 0 Å². The van der Waals surface area contributed by atoms with Gasteiger partial charge in [-0.15, -0.1) is 11.8 Å². The summed E-state index contributed by atoms with van der Waals surface area (Å²) in [6.45, 7) is 1.27. The Morgan fingerprint density at radius 2 is 2.18 bits per heavy atom. The third-order valence-corrected chi connectivity index (χ3v) is 4.32. The summed E-state index contributed by atoms with van der Waals surface area (Å²) in [4.78, 5) is 22.9. The molecule has 1 amide bonds. The molecule has 1 saturated carbocycles. The number of hydrogen-bond donors (Lipinski definition) is 2. The number of carbonyl (C=O) groups is 2. The third kappa shape index (κ3) is 6.49. The molecule has 6 heteroatoms. The second-order valence-electron chi connectivity index (χ2n) is 5.39. The van der Waals surface area contributed by atoms with Gasteiger partial charge in [0.2, 0.25) is 5.91 Å². The number of ether oxygens (including phenoxy) is 1.